The molecule has 1 heterocycles. The van der Waals surface area contributed by atoms with Gasteiger partial charge in [0.25, 0.3) is 5.91 Å². The summed E-state index contributed by atoms with van der Waals surface area (Å²) in [5.74, 6) is -0.172. The summed E-state index contributed by atoms with van der Waals surface area (Å²) in [6.07, 6.45) is 1.21. The van der Waals surface area contributed by atoms with Crippen LogP contribution in [0, 0.1) is 17.3 Å². The van der Waals surface area contributed by atoms with Gasteiger partial charge in [-0.2, -0.15) is 0 Å². The molecule has 140 valence electrons. The van der Waals surface area contributed by atoms with Gasteiger partial charge in [0.1, 0.15) is 29.3 Å². The number of ether oxygens (including phenoxy) is 1. The predicted octanol–water partition coefficient (Wildman–Crippen LogP) is 1.90. The third kappa shape index (κ3) is 2.03. The molecule has 0 radical (unpaired) electrons. The normalized spacial score (nSPS) is 36.0. The van der Waals surface area contributed by atoms with E-state index in [4.69, 9.17) is 4.74 Å². The number of aromatic hydroxyl groups is 1. The molecule has 6 nitrogen and oxygen atoms in total. The number of hydrogen-bond donors (Lipinski definition) is 4. The Hall–Kier alpha value is -2.05. The molecule has 5 atom stereocenters. The highest BCUT2D eigenvalue weighted by molar-refractivity contribution is 5.97. The molecule has 1 aromatic carbocycles. The maximum Gasteiger partial charge on any atom is 0.255 e. The lowest BCUT2D eigenvalue weighted by Gasteiger charge is -2.67. The monoisotopic (exact) mass is 359 g/mol. The first-order valence-electron chi connectivity index (χ1n) is 9.05. The van der Waals surface area contributed by atoms with Crippen molar-refractivity contribution in [2.24, 2.45) is 17.3 Å². The standard InChI is InChI=1S/C20H25NO5/c1-4-7-21-18(24)11-5-6-12-15(16(11)22)17(23)20(25)13-8-10(19(13,2)3)9-14(20)26-12/h4-6,10,13-14,17,22-23,25H,1,7-9H2,2-3H3,(H,21,24)/t10-,13-,14-,17+,20-/m1/s1. The summed E-state index contributed by atoms with van der Waals surface area (Å²) < 4.78 is 5.98. The largest absolute Gasteiger partial charge is 0.507 e. The second-order valence-electron chi connectivity index (χ2n) is 8.31. The van der Waals surface area contributed by atoms with Crippen molar-refractivity contribution in [2.45, 2.75) is 44.5 Å². The first-order valence-corrected chi connectivity index (χ1v) is 9.05. The zero-order chi connectivity index (χ0) is 18.9. The summed E-state index contributed by atoms with van der Waals surface area (Å²) in [4.78, 5) is 12.3. The first-order chi connectivity index (χ1) is 12.2. The molecule has 3 aliphatic carbocycles. The predicted molar refractivity (Wildman–Crippen MR) is 95.0 cm³/mol. The molecule has 3 fully saturated rings. The van der Waals surface area contributed by atoms with Crippen molar-refractivity contribution in [3.05, 3.63) is 35.9 Å². The Labute approximate surface area is 152 Å². The summed E-state index contributed by atoms with van der Waals surface area (Å²) in [6, 6.07) is 3.04. The highest BCUT2D eigenvalue weighted by Gasteiger charge is 2.70. The fraction of sp³-hybridized carbons (Fsp3) is 0.550. The van der Waals surface area contributed by atoms with E-state index >= 15 is 0 Å². The highest BCUT2D eigenvalue weighted by Crippen LogP contribution is 2.67. The Morgan fingerprint density at radius 2 is 2.15 bits per heavy atom. The fourth-order valence-electron chi connectivity index (χ4n) is 5.17. The van der Waals surface area contributed by atoms with Gasteiger partial charge in [-0.3, -0.25) is 4.79 Å². The number of rotatable bonds is 3. The minimum Gasteiger partial charge on any atom is -0.507 e. The van der Waals surface area contributed by atoms with Crippen molar-refractivity contribution >= 4 is 5.91 Å². The zero-order valence-electron chi connectivity index (χ0n) is 15.0. The smallest absolute Gasteiger partial charge is 0.255 e. The van der Waals surface area contributed by atoms with E-state index in [2.05, 4.69) is 25.7 Å². The molecule has 1 amide bonds. The van der Waals surface area contributed by atoms with Crippen LogP contribution in [0.4, 0.5) is 0 Å². The van der Waals surface area contributed by atoms with Gasteiger partial charge in [-0.05, 0) is 42.2 Å². The lowest BCUT2D eigenvalue weighted by atomic mass is 9.42. The second kappa shape index (κ2) is 5.47. The molecule has 6 heteroatoms. The molecule has 1 aliphatic heterocycles. The van der Waals surface area contributed by atoms with E-state index in [0.29, 0.717) is 18.1 Å². The van der Waals surface area contributed by atoms with Gasteiger partial charge in [0, 0.05) is 6.54 Å². The molecule has 2 bridgehead atoms. The molecular weight excluding hydrogens is 334 g/mol. The third-order valence-corrected chi connectivity index (χ3v) is 6.85. The number of amides is 1. The van der Waals surface area contributed by atoms with E-state index in [1.165, 1.54) is 12.1 Å². The van der Waals surface area contributed by atoms with Crippen LogP contribution in [-0.4, -0.2) is 39.5 Å². The zero-order valence-corrected chi connectivity index (χ0v) is 15.0. The van der Waals surface area contributed by atoms with E-state index in [0.717, 1.165) is 6.42 Å². The molecule has 0 unspecified atom stereocenters. The van der Waals surface area contributed by atoms with Crippen LogP contribution in [-0.2, 0) is 0 Å². The van der Waals surface area contributed by atoms with Gasteiger partial charge in [0.2, 0.25) is 0 Å². The van der Waals surface area contributed by atoms with E-state index in [1.807, 2.05) is 0 Å². The number of hydrogen-bond acceptors (Lipinski definition) is 5. The molecule has 4 N–H and O–H groups in total. The topological polar surface area (TPSA) is 99.0 Å². The van der Waals surface area contributed by atoms with E-state index < -0.39 is 23.7 Å². The molecule has 0 saturated heterocycles. The van der Waals surface area contributed by atoms with Crippen LogP contribution in [0.15, 0.2) is 24.8 Å². The molecule has 4 aliphatic rings. The van der Waals surface area contributed by atoms with Crippen molar-refractivity contribution in [3.8, 4) is 11.5 Å². The molecule has 0 spiro atoms. The molecule has 1 aromatic rings. The summed E-state index contributed by atoms with van der Waals surface area (Å²) in [6.45, 7) is 8.00. The number of phenolic OH excluding ortho intramolecular Hbond substituents is 1. The van der Waals surface area contributed by atoms with E-state index in [1.54, 1.807) is 6.07 Å². The van der Waals surface area contributed by atoms with Crippen LogP contribution in [0.2, 0.25) is 0 Å². The van der Waals surface area contributed by atoms with Gasteiger partial charge in [0.05, 0.1) is 11.1 Å². The number of benzene rings is 1. The first kappa shape index (κ1) is 17.4. The van der Waals surface area contributed by atoms with E-state index in [-0.39, 0.29) is 34.8 Å². The maximum absolute atomic E-state index is 12.3. The molecule has 5 rings (SSSR count). The number of nitrogens with one attached hydrogen (secondary N) is 1. The maximum atomic E-state index is 12.3. The van der Waals surface area contributed by atoms with Crippen LogP contribution in [0.25, 0.3) is 0 Å². The van der Waals surface area contributed by atoms with Crippen LogP contribution < -0.4 is 10.1 Å². The minimum atomic E-state index is -1.47. The summed E-state index contributed by atoms with van der Waals surface area (Å²) in [5, 5.41) is 35.8. The Kier molecular flexibility index (Phi) is 3.66. The Balaban J connectivity index is 1.76. The number of aliphatic hydroxyl groups excluding tert-OH is 1. The van der Waals surface area contributed by atoms with Crippen LogP contribution in [0.1, 0.15) is 48.7 Å². The van der Waals surface area contributed by atoms with Crippen molar-refractivity contribution in [1.82, 2.24) is 5.32 Å². The van der Waals surface area contributed by atoms with Gasteiger partial charge >= 0.3 is 0 Å². The quantitative estimate of drug-likeness (QED) is 0.618. The molecule has 3 saturated carbocycles. The Morgan fingerprint density at radius 1 is 1.42 bits per heavy atom. The van der Waals surface area contributed by atoms with Gasteiger partial charge in [-0.25, -0.2) is 0 Å². The van der Waals surface area contributed by atoms with Crippen LogP contribution >= 0.6 is 0 Å². The number of fused-ring (bicyclic) bond motifs is 1. The van der Waals surface area contributed by atoms with Crippen molar-refractivity contribution < 1.29 is 24.9 Å². The fourth-order valence-corrected chi connectivity index (χ4v) is 5.17. The van der Waals surface area contributed by atoms with Crippen molar-refractivity contribution in [1.29, 1.82) is 0 Å². The van der Waals surface area contributed by atoms with Crippen LogP contribution in [0.5, 0.6) is 11.5 Å². The Bertz CT molecular complexity index is 789. The van der Waals surface area contributed by atoms with Gasteiger partial charge in [0.15, 0.2) is 0 Å². The lowest BCUT2D eigenvalue weighted by Crippen LogP contribution is -2.72. The summed E-state index contributed by atoms with van der Waals surface area (Å²) in [7, 11) is 0. The number of carbonyl (C=O) groups excluding carboxylic acids is 1. The number of carbonyl (C=O) groups is 1. The van der Waals surface area contributed by atoms with Crippen LogP contribution in [0.3, 0.4) is 0 Å². The minimum absolute atomic E-state index is 0.0388. The van der Waals surface area contributed by atoms with Gasteiger partial charge < -0.3 is 25.4 Å². The molecule has 0 aromatic heterocycles. The highest BCUT2D eigenvalue weighted by atomic mass is 16.5. The number of phenols is 1. The average molecular weight is 359 g/mol. The lowest BCUT2D eigenvalue weighted by molar-refractivity contribution is -0.289. The van der Waals surface area contributed by atoms with E-state index in [9.17, 15) is 20.1 Å². The SMILES string of the molecule is C=CCNC(=O)c1ccc2c(c1O)[C@H](O)[C@@]1(O)[C@@H]3C[C@H](C[C@H]1O2)C3(C)C. The summed E-state index contributed by atoms with van der Waals surface area (Å²) >= 11 is 0. The van der Waals surface area contributed by atoms with Crippen molar-refractivity contribution in [3.63, 3.8) is 0 Å². The molecule has 26 heavy (non-hydrogen) atoms. The van der Waals surface area contributed by atoms with Crippen molar-refractivity contribution in [2.75, 3.05) is 6.54 Å². The average Bonchev–Trinajstić information content (AvgIpc) is 2.60. The molecular formula is C20H25NO5. The Morgan fingerprint density at radius 3 is 2.81 bits per heavy atom. The number of aliphatic hydroxyl groups is 2. The summed E-state index contributed by atoms with van der Waals surface area (Å²) in [5.41, 5.74) is -1.44. The second-order valence-corrected chi connectivity index (χ2v) is 8.31. The third-order valence-electron chi connectivity index (χ3n) is 6.85. The van der Waals surface area contributed by atoms with Gasteiger partial charge in [-0.1, -0.05) is 19.9 Å². The van der Waals surface area contributed by atoms with Gasteiger partial charge in [-0.15, -0.1) is 6.58 Å².